The van der Waals surface area contributed by atoms with Crippen molar-refractivity contribution in [3.05, 3.63) is 24.3 Å². The Kier molecular flexibility index (Phi) is 52.6. The molecule has 0 saturated heterocycles. The fourth-order valence-corrected chi connectivity index (χ4v) is 8.81. The van der Waals surface area contributed by atoms with E-state index >= 15 is 0 Å². The predicted octanol–water partition coefficient (Wildman–Crippen LogP) is 17.5. The van der Waals surface area contributed by atoms with Crippen molar-refractivity contribution < 1.29 is 24.5 Å². The molecule has 6 heteroatoms. The van der Waals surface area contributed by atoms with Crippen LogP contribution >= 0.6 is 0 Å². The first-order valence-corrected chi connectivity index (χ1v) is 28.6. The van der Waals surface area contributed by atoms with Gasteiger partial charge in [-0.1, -0.05) is 263 Å². The van der Waals surface area contributed by atoms with Gasteiger partial charge in [0.2, 0.25) is 5.91 Å². The second-order valence-electron chi connectivity index (χ2n) is 19.6. The van der Waals surface area contributed by atoms with Crippen LogP contribution in [0, 0.1) is 0 Å². The molecule has 64 heavy (non-hydrogen) atoms. The van der Waals surface area contributed by atoms with Crippen LogP contribution in [0.3, 0.4) is 0 Å². The van der Waals surface area contributed by atoms with Gasteiger partial charge in [-0.2, -0.15) is 0 Å². The van der Waals surface area contributed by atoms with Crippen molar-refractivity contribution in [2.24, 2.45) is 0 Å². The number of hydrogen-bond acceptors (Lipinski definition) is 5. The maximum absolute atomic E-state index is 12.5. The standard InChI is InChI=1S/C58H111NO5/c1-3-5-7-9-11-13-15-17-19-21-22-23-24-25-26-27-29-31-34-38-42-46-50-56(61)55(54-60)59-57(62)51-47-43-39-35-33-37-41-45-49-53-64-58(63)52-48-44-40-36-32-30-28-20-18-16-14-12-10-8-6-4-2/h20,28,46,50,55-56,60-61H,3-19,21-27,29-45,47-49,51-54H2,1-2H3,(H,59,62)/b28-20-,50-46+. The summed E-state index contributed by atoms with van der Waals surface area (Å²) in [6.45, 7) is 4.85. The van der Waals surface area contributed by atoms with E-state index in [-0.39, 0.29) is 18.5 Å². The molecule has 0 radical (unpaired) electrons. The van der Waals surface area contributed by atoms with Crippen molar-refractivity contribution in [2.45, 2.75) is 321 Å². The van der Waals surface area contributed by atoms with Gasteiger partial charge in [0, 0.05) is 12.8 Å². The average molecular weight is 903 g/mol. The topological polar surface area (TPSA) is 95.9 Å². The number of ether oxygens (including phenoxy) is 1. The largest absolute Gasteiger partial charge is 0.466 e. The zero-order chi connectivity index (χ0) is 46.5. The minimum Gasteiger partial charge on any atom is -0.466 e. The molecule has 2 atom stereocenters. The van der Waals surface area contributed by atoms with E-state index in [0.717, 1.165) is 57.8 Å². The lowest BCUT2D eigenvalue weighted by Crippen LogP contribution is -2.45. The summed E-state index contributed by atoms with van der Waals surface area (Å²) in [6.07, 6.45) is 64.8. The number of carbonyl (C=O) groups excluding carboxylic acids is 2. The number of rotatable bonds is 53. The Labute approximate surface area is 399 Å². The molecule has 0 aliphatic carbocycles. The lowest BCUT2D eigenvalue weighted by Gasteiger charge is -2.20. The Morgan fingerprint density at radius 2 is 0.734 bits per heavy atom. The molecule has 0 aliphatic rings. The summed E-state index contributed by atoms with van der Waals surface area (Å²) >= 11 is 0. The van der Waals surface area contributed by atoms with E-state index in [2.05, 4.69) is 31.3 Å². The molecule has 0 saturated carbocycles. The summed E-state index contributed by atoms with van der Waals surface area (Å²) in [7, 11) is 0. The Morgan fingerprint density at radius 1 is 0.422 bits per heavy atom. The van der Waals surface area contributed by atoms with E-state index < -0.39 is 12.1 Å². The number of nitrogens with one attached hydrogen (secondary N) is 1. The van der Waals surface area contributed by atoms with Crippen molar-refractivity contribution in [3.8, 4) is 0 Å². The van der Waals surface area contributed by atoms with Crippen molar-refractivity contribution in [3.63, 3.8) is 0 Å². The molecule has 0 aromatic carbocycles. The average Bonchev–Trinajstić information content (AvgIpc) is 3.29. The van der Waals surface area contributed by atoms with Gasteiger partial charge in [0.15, 0.2) is 0 Å². The van der Waals surface area contributed by atoms with E-state index in [1.165, 1.54) is 225 Å². The molecule has 378 valence electrons. The SMILES string of the molecule is CCCCCCCCC/C=C\CCCCCCCC(=O)OCCCCCCCCCCCC(=O)NC(CO)C(O)/C=C/CCCCCCCCCCCCCCCCCCCCCC. The third-order valence-corrected chi connectivity index (χ3v) is 13.2. The first-order chi connectivity index (χ1) is 31.5. The molecule has 0 fully saturated rings. The number of unbranched alkanes of at least 4 members (excludes halogenated alkanes) is 40. The van der Waals surface area contributed by atoms with Crippen LogP contribution in [0.1, 0.15) is 309 Å². The molecule has 3 N–H and O–H groups in total. The fourth-order valence-electron chi connectivity index (χ4n) is 8.81. The first-order valence-electron chi connectivity index (χ1n) is 28.6. The Morgan fingerprint density at radius 3 is 1.11 bits per heavy atom. The molecule has 0 rings (SSSR count). The number of carbonyl (C=O) groups is 2. The molecule has 2 unspecified atom stereocenters. The third-order valence-electron chi connectivity index (χ3n) is 13.2. The minimum absolute atomic E-state index is 0.0340. The van der Waals surface area contributed by atoms with Crippen molar-refractivity contribution in [1.82, 2.24) is 5.32 Å². The van der Waals surface area contributed by atoms with E-state index in [0.29, 0.717) is 19.4 Å². The maximum Gasteiger partial charge on any atom is 0.305 e. The van der Waals surface area contributed by atoms with Crippen LogP contribution in [-0.2, 0) is 14.3 Å². The first kappa shape index (κ1) is 62.3. The van der Waals surface area contributed by atoms with Crippen molar-refractivity contribution in [2.75, 3.05) is 13.2 Å². The number of amides is 1. The monoisotopic (exact) mass is 902 g/mol. The Hall–Kier alpha value is -1.66. The molecule has 6 nitrogen and oxygen atoms in total. The smallest absolute Gasteiger partial charge is 0.305 e. The van der Waals surface area contributed by atoms with Crippen LogP contribution in [0.25, 0.3) is 0 Å². The highest BCUT2D eigenvalue weighted by atomic mass is 16.5. The number of hydrogen-bond donors (Lipinski definition) is 3. The van der Waals surface area contributed by atoms with Crippen LogP contribution in [0.15, 0.2) is 24.3 Å². The highest BCUT2D eigenvalue weighted by Gasteiger charge is 2.18. The fraction of sp³-hybridized carbons (Fsp3) is 0.897. The van der Waals surface area contributed by atoms with Crippen LogP contribution in [-0.4, -0.2) is 47.4 Å². The Balaban J connectivity index is 3.51. The normalized spacial score (nSPS) is 12.8. The summed E-state index contributed by atoms with van der Waals surface area (Å²) in [5.41, 5.74) is 0. The second kappa shape index (κ2) is 54.0. The second-order valence-corrected chi connectivity index (χ2v) is 19.6. The van der Waals surface area contributed by atoms with Crippen LogP contribution < -0.4 is 5.32 Å². The number of esters is 1. The van der Waals surface area contributed by atoms with Crippen LogP contribution in [0.4, 0.5) is 0 Å². The van der Waals surface area contributed by atoms with E-state index in [1.54, 1.807) is 6.08 Å². The van der Waals surface area contributed by atoms with Gasteiger partial charge < -0.3 is 20.3 Å². The maximum atomic E-state index is 12.5. The van der Waals surface area contributed by atoms with Gasteiger partial charge >= 0.3 is 5.97 Å². The zero-order valence-corrected chi connectivity index (χ0v) is 43.0. The van der Waals surface area contributed by atoms with Gasteiger partial charge in [-0.15, -0.1) is 0 Å². The summed E-state index contributed by atoms with van der Waals surface area (Å²) in [6, 6.07) is -0.649. The highest BCUT2D eigenvalue weighted by Crippen LogP contribution is 2.17. The minimum atomic E-state index is -0.863. The summed E-state index contributed by atoms with van der Waals surface area (Å²) in [5.74, 6) is -0.127. The predicted molar refractivity (Wildman–Crippen MR) is 278 cm³/mol. The molecule has 1 amide bonds. The van der Waals surface area contributed by atoms with E-state index in [9.17, 15) is 19.8 Å². The summed E-state index contributed by atoms with van der Waals surface area (Å²) < 4.78 is 5.46. The van der Waals surface area contributed by atoms with Gasteiger partial charge in [-0.3, -0.25) is 9.59 Å². The summed E-state index contributed by atoms with van der Waals surface area (Å²) in [4.78, 5) is 24.5. The van der Waals surface area contributed by atoms with Gasteiger partial charge in [0.05, 0.1) is 25.4 Å². The Bertz CT molecular complexity index is 997. The molecular weight excluding hydrogens is 791 g/mol. The third kappa shape index (κ3) is 49.8. The van der Waals surface area contributed by atoms with Gasteiger partial charge in [0.1, 0.15) is 0 Å². The molecular formula is C58H111NO5. The van der Waals surface area contributed by atoms with Crippen molar-refractivity contribution in [1.29, 1.82) is 0 Å². The van der Waals surface area contributed by atoms with Crippen LogP contribution in [0.2, 0.25) is 0 Å². The molecule has 0 aromatic heterocycles. The van der Waals surface area contributed by atoms with Gasteiger partial charge in [-0.25, -0.2) is 0 Å². The van der Waals surface area contributed by atoms with Gasteiger partial charge in [0.25, 0.3) is 0 Å². The molecule has 0 aromatic rings. The van der Waals surface area contributed by atoms with E-state index in [4.69, 9.17) is 4.74 Å². The van der Waals surface area contributed by atoms with Gasteiger partial charge in [-0.05, 0) is 57.8 Å². The molecule has 0 spiro atoms. The highest BCUT2D eigenvalue weighted by molar-refractivity contribution is 5.76. The number of aliphatic hydroxyl groups is 2. The lowest BCUT2D eigenvalue weighted by molar-refractivity contribution is -0.143. The number of aliphatic hydroxyl groups excluding tert-OH is 2. The summed E-state index contributed by atoms with van der Waals surface area (Å²) in [5, 5.41) is 23.1. The van der Waals surface area contributed by atoms with E-state index in [1.807, 2.05) is 6.08 Å². The zero-order valence-electron chi connectivity index (χ0n) is 43.0. The lowest BCUT2D eigenvalue weighted by atomic mass is 10.0. The van der Waals surface area contributed by atoms with Crippen LogP contribution in [0.5, 0.6) is 0 Å². The number of allylic oxidation sites excluding steroid dienone is 3. The quantitative estimate of drug-likeness (QED) is 0.0321. The molecule has 0 bridgehead atoms. The molecule has 0 aliphatic heterocycles. The molecule has 0 heterocycles. The van der Waals surface area contributed by atoms with Crippen molar-refractivity contribution >= 4 is 11.9 Å².